The Balaban J connectivity index is 1.99. The van der Waals surface area contributed by atoms with Crippen LogP contribution in [0, 0.1) is 0 Å². The van der Waals surface area contributed by atoms with Crippen LogP contribution in [-0.4, -0.2) is 30.2 Å². The van der Waals surface area contributed by atoms with Gasteiger partial charge in [-0.3, -0.25) is 4.79 Å². The van der Waals surface area contributed by atoms with Crippen LogP contribution in [0.3, 0.4) is 0 Å². The van der Waals surface area contributed by atoms with Crippen LogP contribution in [0.4, 0.5) is 0 Å². The molecule has 0 saturated carbocycles. The van der Waals surface area contributed by atoms with Crippen LogP contribution in [-0.2, 0) is 0 Å². The number of hydrogen-bond donors (Lipinski definition) is 2. The van der Waals surface area contributed by atoms with Gasteiger partial charge in [0, 0.05) is 0 Å². The van der Waals surface area contributed by atoms with Crippen molar-refractivity contribution in [3.63, 3.8) is 0 Å². The number of ether oxygens (including phenoxy) is 3. The van der Waals surface area contributed by atoms with Gasteiger partial charge in [-0.05, 0) is 23.8 Å². The van der Waals surface area contributed by atoms with Gasteiger partial charge in [0.15, 0.2) is 17.3 Å². The second-order valence-corrected chi connectivity index (χ2v) is 5.16. The van der Waals surface area contributed by atoms with E-state index in [-0.39, 0.29) is 29.3 Å². The van der Waals surface area contributed by atoms with Gasteiger partial charge in [0.25, 0.3) is 0 Å². The molecule has 1 atom stereocenters. The Labute approximate surface area is 132 Å². The van der Waals surface area contributed by atoms with E-state index in [9.17, 15) is 15.0 Å². The van der Waals surface area contributed by atoms with E-state index in [0.717, 1.165) is 5.56 Å². The predicted octanol–water partition coefficient (Wildman–Crippen LogP) is 2.82. The monoisotopic (exact) mass is 316 g/mol. The number of phenols is 2. The topological polar surface area (TPSA) is 85.2 Å². The molecule has 0 bridgehead atoms. The molecule has 0 aliphatic carbocycles. The summed E-state index contributed by atoms with van der Waals surface area (Å²) in [5.41, 5.74) is 0.974. The molecule has 0 amide bonds. The minimum atomic E-state index is -0.542. The summed E-state index contributed by atoms with van der Waals surface area (Å²) in [6, 6.07) is 8.50. The molecule has 2 aromatic carbocycles. The van der Waals surface area contributed by atoms with Gasteiger partial charge in [-0.15, -0.1) is 0 Å². The lowest BCUT2D eigenvalue weighted by molar-refractivity contribution is 0.0840. The fraction of sp³-hybridized carbons (Fsp3) is 0.235. The van der Waals surface area contributed by atoms with Crippen LogP contribution >= 0.6 is 0 Å². The number of carbonyl (C=O) groups excluding carboxylic acids is 1. The summed E-state index contributed by atoms with van der Waals surface area (Å²) in [7, 11) is 2.91. The third-order valence-electron chi connectivity index (χ3n) is 3.83. The van der Waals surface area contributed by atoms with Crippen LogP contribution in [0.15, 0.2) is 30.3 Å². The van der Waals surface area contributed by atoms with Gasteiger partial charge in [-0.25, -0.2) is 0 Å². The van der Waals surface area contributed by atoms with Crippen LogP contribution < -0.4 is 14.2 Å². The molecule has 0 aromatic heterocycles. The molecule has 2 aromatic rings. The minimum Gasteiger partial charge on any atom is -0.502 e. The molecule has 0 spiro atoms. The maximum Gasteiger partial charge on any atom is 0.205 e. The first-order valence-corrected chi connectivity index (χ1v) is 7.02. The van der Waals surface area contributed by atoms with E-state index in [0.29, 0.717) is 5.75 Å². The molecule has 1 aliphatic heterocycles. The Morgan fingerprint density at radius 1 is 1.09 bits per heavy atom. The Morgan fingerprint density at radius 2 is 1.78 bits per heavy atom. The molecule has 2 N–H and O–H groups in total. The molecule has 23 heavy (non-hydrogen) atoms. The number of hydrogen-bond acceptors (Lipinski definition) is 6. The standard InChI is InChI=1S/C17H16O6/c1-21-10-5-3-9(4-6-10)13-8-12(18)11-7-14(22-2)15(19)16(20)17(11)23-13/h3-7,13,19-20H,8H2,1-2H3/t13-/m0/s1. The smallest absolute Gasteiger partial charge is 0.205 e. The second-order valence-electron chi connectivity index (χ2n) is 5.16. The van der Waals surface area contributed by atoms with Gasteiger partial charge in [0.2, 0.25) is 11.5 Å². The fourth-order valence-corrected chi connectivity index (χ4v) is 2.57. The first-order valence-electron chi connectivity index (χ1n) is 7.02. The molecule has 0 fully saturated rings. The van der Waals surface area contributed by atoms with Crippen molar-refractivity contribution in [1.82, 2.24) is 0 Å². The highest BCUT2D eigenvalue weighted by molar-refractivity contribution is 6.02. The van der Waals surface area contributed by atoms with E-state index in [1.54, 1.807) is 31.4 Å². The average Bonchev–Trinajstić information content (AvgIpc) is 2.58. The maximum atomic E-state index is 12.4. The Kier molecular flexibility index (Phi) is 3.73. The molecule has 0 unspecified atom stereocenters. The summed E-state index contributed by atoms with van der Waals surface area (Å²) >= 11 is 0. The number of carbonyl (C=O) groups is 1. The molecule has 1 aliphatic rings. The van der Waals surface area contributed by atoms with Crippen molar-refractivity contribution in [3.05, 3.63) is 41.5 Å². The summed E-state index contributed by atoms with van der Waals surface area (Å²) in [5.74, 6) is -0.441. The number of benzene rings is 2. The highest BCUT2D eigenvalue weighted by Crippen LogP contribution is 2.49. The lowest BCUT2D eigenvalue weighted by Crippen LogP contribution is -2.20. The van der Waals surface area contributed by atoms with Crippen molar-refractivity contribution in [2.75, 3.05) is 14.2 Å². The van der Waals surface area contributed by atoms with Crippen molar-refractivity contribution in [2.24, 2.45) is 0 Å². The number of methoxy groups -OCH3 is 2. The lowest BCUT2D eigenvalue weighted by Gasteiger charge is -2.27. The van der Waals surface area contributed by atoms with Crippen molar-refractivity contribution in [1.29, 1.82) is 0 Å². The van der Waals surface area contributed by atoms with Crippen LogP contribution in [0.5, 0.6) is 28.7 Å². The summed E-state index contributed by atoms with van der Waals surface area (Å²) in [4.78, 5) is 12.4. The quantitative estimate of drug-likeness (QED) is 0.847. The van der Waals surface area contributed by atoms with E-state index in [4.69, 9.17) is 14.2 Å². The van der Waals surface area contributed by atoms with Crippen molar-refractivity contribution in [2.45, 2.75) is 12.5 Å². The third kappa shape index (κ3) is 2.52. The van der Waals surface area contributed by atoms with E-state index >= 15 is 0 Å². The van der Waals surface area contributed by atoms with E-state index in [1.165, 1.54) is 13.2 Å². The number of Topliss-reactive ketones (excluding diaryl/α,β-unsaturated/α-hetero) is 1. The third-order valence-corrected chi connectivity index (χ3v) is 3.83. The lowest BCUT2D eigenvalue weighted by atomic mass is 9.95. The van der Waals surface area contributed by atoms with E-state index < -0.39 is 17.6 Å². The van der Waals surface area contributed by atoms with Gasteiger partial charge in [0.1, 0.15) is 11.9 Å². The number of phenolic OH excluding ortho intramolecular Hbond substituents is 2. The summed E-state index contributed by atoms with van der Waals surface area (Å²) < 4.78 is 15.8. The molecular weight excluding hydrogens is 300 g/mol. The van der Waals surface area contributed by atoms with Gasteiger partial charge in [0.05, 0.1) is 26.2 Å². The van der Waals surface area contributed by atoms with Gasteiger partial charge < -0.3 is 24.4 Å². The Bertz CT molecular complexity index is 751. The fourth-order valence-electron chi connectivity index (χ4n) is 2.57. The average molecular weight is 316 g/mol. The number of aromatic hydroxyl groups is 2. The first-order chi connectivity index (χ1) is 11.0. The van der Waals surface area contributed by atoms with Gasteiger partial charge in [-0.1, -0.05) is 12.1 Å². The Hall–Kier alpha value is -2.89. The van der Waals surface area contributed by atoms with E-state index in [1.807, 2.05) is 0 Å². The van der Waals surface area contributed by atoms with Crippen molar-refractivity contribution in [3.8, 4) is 28.7 Å². The minimum absolute atomic E-state index is 0.0274. The SMILES string of the molecule is COc1ccc([C@@H]2CC(=O)c3cc(OC)c(O)c(O)c3O2)cc1. The molecule has 6 nitrogen and oxygen atoms in total. The van der Waals surface area contributed by atoms with E-state index in [2.05, 4.69) is 0 Å². The van der Waals surface area contributed by atoms with Crippen LogP contribution in [0.1, 0.15) is 28.4 Å². The maximum absolute atomic E-state index is 12.4. The van der Waals surface area contributed by atoms with Gasteiger partial charge in [-0.2, -0.15) is 0 Å². The summed E-state index contributed by atoms with van der Waals surface area (Å²) in [5, 5.41) is 20.0. The normalized spacial score (nSPS) is 16.4. The van der Waals surface area contributed by atoms with Crippen LogP contribution in [0.2, 0.25) is 0 Å². The largest absolute Gasteiger partial charge is 0.502 e. The molecule has 120 valence electrons. The second kappa shape index (κ2) is 5.72. The predicted molar refractivity (Wildman–Crippen MR) is 81.6 cm³/mol. The molecular formula is C17H16O6. The molecule has 6 heteroatoms. The zero-order valence-electron chi connectivity index (χ0n) is 12.7. The zero-order valence-corrected chi connectivity index (χ0v) is 12.7. The molecule has 1 heterocycles. The first kappa shape index (κ1) is 15.0. The molecule has 0 radical (unpaired) electrons. The molecule has 3 rings (SSSR count). The summed E-state index contributed by atoms with van der Waals surface area (Å²) in [6.07, 6.45) is -0.410. The highest BCUT2D eigenvalue weighted by Gasteiger charge is 2.32. The number of rotatable bonds is 3. The Morgan fingerprint density at radius 3 is 2.39 bits per heavy atom. The van der Waals surface area contributed by atoms with Crippen molar-refractivity contribution >= 4 is 5.78 Å². The molecule has 0 saturated heterocycles. The number of ketones is 1. The highest BCUT2D eigenvalue weighted by atomic mass is 16.5. The summed E-state index contributed by atoms with van der Waals surface area (Å²) in [6.45, 7) is 0. The van der Waals surface area contributed by atoms with Crippen molar-refractivity contribution < 1.29 is 29.2 Å². The zero-order chi connectivity index (χ0) is 16.6. The van der Waals surface area contributed by atoms with Gasteiger partial charge >= 0.3 is 0 Å². The van der Waals surface area contributed by atoms with Crippen LogP contribution in [0.25, 0.3) is 0 Å². The number of fused-ring (bicyclic) bond motifs is 1.